The summed E-state index contributed by atoms with van der Waals surface area (Å²) >= 11 is 7.88. The third-order valence-corrected chi connectivity index (χ3v) is 1.84. The topological polar surface area (TPSA) is 26.3 Å². The van der Waals surface area contributed by atoms with Crippen LogP contribution in [0, 0.1) is 0 Å². The van der Waals surface area contributed by atoms with Crippen LogP contribution in [-0.2, 0) is 4.74 Å². The van der Waals surface area contributed by atoms with Crippen LogP contribution in [0.2, 0.25) is 0 Å². The summed E-state index contributed by atoms with van der Waals surface area (Å²) in [6.07, 6.45) is 0. The van der Waals surface area contributed by atoms with Crippen molar-refractivity contribution >= 4 is 31.2 Å². The molecule has 0 aliphatic carbocycles. The molecule has 0 fully saturated rings. The first-order valence-electron chi connectivity index (χ1n) is 3.31. The zero-order valence-corrected chi connectivity index (χ0v) is 8.02. The summed E-state index contributed by atoms with van der Waals surface area (Å²) in [6.45, 7) is 0. The van der Waals surface area contributed by atoms with E-state index in [9.17, 15) is 4.79 Å². The van der Waals surface area contributed by atoms with Gasteiger partial charge in [0, 0.05) is 4.90 Å². The number of carbonyl (C=O) groups is 1. The Kier molecular flexibility index (Phi) is 3.49. The predicted octanol–water partition coefficient (Wildman–Crippen LogP) is 2.02. The van der Waals surface area contributed by atoms with Crippen molar-refractivity contribution in [2.75, 3.05) is 5.94 Å². The molecule has 0 unspecified atom stereocenters. The molecule has 2 nitrogen and oxygen atoms in total. The van der Waals surface area contributed by atoms with Crippen LogP contribution in [0.4, 0.5) is 0 Å². The first-order chi connectivity index (χ1) is 5.75. The van der Waals surface area contributed by atoms with Crippen molar-refractivity contribution in [3.63, 3.8) is 0 Å². The van der Waals surface area contributed by atoms with Crippen molar-refractivity contribution in [2.45, 2.75) is 4.90 Å². The quantitative estimate of drug-likeness (QED) is 0.434. The maximum absolute atomic E-state index is 11.1. The number of esters is 1. The summed E-state index contributed by atoms with van der Waals surface area (Å²) in [5.74, 6) is -0.309. The molecule has 0 aliphatic rings. The van der Waals surface area contributed by atoms with Gasteiger partial charge in [-0.05, 0) is 12.1 Å². The van der Waals surface area contributed by atoms with Crippen LogP contribution in [0.25, 0.3) is 0 Å². The minimum atomic E-state index is -0.393. The molecule has 1 rings (SSSR count). The van der Waals surface area contributed by atoms with Crippen LogP contribution in [0.15, 0.2) is 29.2 Å². The van der Waals surface area contributed by atoms with E-state index in [2.05, 4.69) is 30.0 Å². The zero-order chi connectivity index (χ0) is 8.97. The maximum Gasteiger partial charge on any atom is 0.340 e. The van der Waals surface area contributed by atoms with Gasteiger partial charge in [-0.1, -0.05) is 12.1 Å². The second-order valence-corrected chi connectivity index (χ2v) is 2.82. The summed E-state index contributed by atoms with van der Waals surface area (Å²) in [4.78, 5) is 11.8. The fourth-order valence-electron chi connectivity index (χ4n) is 0.783. The molecule has 0 saturated heterocycles. The lowest BCUT2D eigenvalue weighted by molar-refractivity contribution is 0.0577. The van der Waals surface area contributed by atoms with E-state index in [1.165, 1.54) is 0 Å². The Labute approximate surface area is 81.7 Å². The van der Waals surface area contributed by atoms with Crippen LogP contribution >= 0.6 is 25.3 Å². The third-order valence-electron chi connectivity index (χ3n) is 1.32. The summed E-state index contributed by atoms with van der Waals surface area (Å²) in [7, 11) is 0. The Morgan fingerprint density at radius 3 is 2.67 bits per heavy atom. The van der Waals surface area contributed by atoms with Gasteiger partial charge in [0.2, 0.25) is 0 Å². The lowest BCUT2D eigenvalue weighted by Crippen LogP contribution is -2.04. The van der Waals surface area contributed by atoms with Gasteiger partial charge in [-0.25, -0.2) is 4.79 Å². The van der Waals surface area contributed by atoms with Crippen molar-refractivity contribution in [3.8, 4) is 0 Å². The minimum absolute atomic E-state index is 0.0843. The number of benzene rings is 1. The van der Waals surface area contributed by atoms with Gasteiger partial charge in [-0.15, -0.1) is 25.3 Å². The van der Waals surface area contributed by atoms with E-state index in [0.29, 0.717) is 10.5 Å². The molecule has 0 aromatic heterocycles. The molecular formula is C8H8O2S2. The normalized spacial score (nSPS) is 9.50. The fourth-order valence-corrected chi connectivity index (χ4v) is 1.15. The molecular weight excluding hydrogens is 192 g/mol. The predicted molar refractivity (Wildman–Crippen MR) is 53.0 cm³/mol. The first kappa shape index (κ1) is 9.48. The van der Waals surface area contributed by atoms with Crippen molar-refractivity contribution < 1.29 is 9.53 Å². The third kappa shape index (κ3) is 2.19. The van der Waals surface area contributed by atoms with Gasteiger partial charge in [-0.3, -0.25) is 0 Å². The highest BCUT2D eigenvalue weighted by atomic mass is 32.1. The standard InChI is InChI=1S/C8H8O2S2/c9-8(10-5-11)6-3-1-2-4-7(6)12/h1-4,11-12H,5H2. The smallest absolute Gasteiger partial charge is 0.340 e. The number of thiol groups is 2. The van der Waals surface area contributed by atoms with Crippen molar-refractivity contribution in [1.29, 1.82) is 0 Å². The Hall–Kier alpha value is -0.610. The molecule has 0 spiro atoms. The summed E-state index contributed by atoms with van der Waals surface area (Å²) in [5.41, 5.74) is 0.467. The Bertz CT molecular complexity index is 286. The molecule has 1 aromatic carbocycles. The average Bonchev–Trinajstić information content (AvgIpc) is 2.05. The van der Waals surface area contributed by atoms with E-state index in [1.807, 2.05) is 0 Å². The molecule has 64 valence electrons. The summed E-state index contributed by atoms with van der Waals surface area (Å²) in [6, 6.07) is 6.96. The van der Waals surface area contributed by atoms with Crippen LogP contribution in [-0.4, -0.2) is 11.9 Å². The van der Waals surface area contributed by atoms with Crippen molar-refractivity contribution in [3.05, 3.63) is 29.8 Å². The molecule has 0 amide bonds. The highest BCUT2D eigenvalue weighted by molar-refractivity contribution is 7.80. The van der Waals surface area contributed by atoms with E-state index in [1.54, 1.807) is 24.3 Å². The molecule has 0 bridgehead atoms. The molecule has 0 N–H and O–H groups in total. The second kappa shape index (κ2) is 4.42. The van der Waals surface area contributed by atoms with Gasteiger partial charge in [-0.2, -0.15) is 0 Å². The van der Waals surface area contributed by atoms with Crippen molar-refractivity contribution in [1.82, 2.24) is 0 Å². The van der Waals surface area contributed by atoms with Gasteiger partial charge in [0.25, 0.3) is 0 Å². The Morgan fingerprint density at radius 2 is 2.08 bits per heavy atom. The van der Waals surface area contributed by atoms with Crippen LogP contribution in [0.5, 0.6) is 0 Å². The van der Waals surface area contributed by atoms with Gasteiger partial charge in [0.15, 0.2) is 0 Å². The van der Waals surface area contributed by atoms with E-state index >= 15 is 0 Å². The van der Waals surface area contributed by atoms with Crippen LogP contribution < -0.4 is 0 Å². The first-order valence-corrected chi connectivity index (χ1v) is 4.39. The monoisotopic (exact) mass is 200 g/mol. The van der Waals surface area contributed by atoms with Crippen LogP contribution in [0.1, 0.15) is 10.4 Å². The van der Waals surface area contributed by atoms with E-state index < -0.39 is 5.97 Å². The number of ether oxygens (including phenoxy) is 1. The van der Waals surface area contributed by atoms with Crippen LogP contribution in [0.3, 0.4) is 0 Å². The van der Waals surface area contributed by atoms with E-state index in [4.69, 9.17) is 0 Å². The van der Waals surface area contributed by atoms with Gasteiger partial charge in [0.05, 0.1) is 5.56 Å². The van der Waals surface area contributed by atoms with E-state index in [0.717, 1.165) is 0 Å². The lowest BCUT2D eigenvalue weighted by Gasteiger charge is -2.02. The SMILES string of the molecule is O=C(OCS)c1ccccc1S. The Morgan fingerprint density at radius 1 is 1.42 bits per heavy atom. The highest BCUT2D eigenvalue weighted by Gasteiger charge is 2.08. The van der Waals surface area contributed by atoms with E-state index in [-0.39, 0.29) is 5.94 Å². The summed E-state index contributed by atoms with van der Waals surface area (Å²) in [5, 5.41) is 0. The zero-order valence-electron chi connectivity index (χ0n) is 6.23. The average molecular weight is 200 g/mol. The molecule has 0 heterocycles. The minimum Gasteiger partial charge on any atom is -0.451 e. The fraction of sp³-hybridized carbons (Fsp3) is 0.125. The number of hydrogen-bond acceptors (Lipinski definition) is 4. The second-order valence-electron chi connectivity index (χ2n) is 2.08. The number of rotatable bonds is 2. The number of hydrogen-bond donors (Lipinski definition) is 2. The highest BCUT2D eigenvalue weighted by Crippen LogP contribution is 2.13. The molecule has 1 aromatic rings. The van der Waals surface area contributed by atoms with Gasteiger partial charge in [0.1, 0.15) is 5.94 Å². The summed E-state index contributed by atoms with van der Waals surface area (Å²) < 4.78 is 4.69. The molecule has 0 atom stereocenters. The lowest BCUT2D eigenvalue weighted by atomic mass is 10.2. The number of carbonyl (C=O) groups excluding carboxylic acids is 1. The molecule has 4 heteroatoms. The molecule has 12 heavy (non-hydrogen) atoms. The molecule has 0 aliphatic heterocycles. The van der Waals surface area contributed by atoms with Gasteiger partial charge < -0.3 is 4.74 Å². The maximum atomic E-state index is 11.1. The molecule has 0 radical (unpaired) electrons. The molecule has 0 saturated carbocycles. The Balaban J connectivity index is 2.87. The van der Waals surface area contributed by atoms with Gasteiger partial charge >= 0.3 is 5.97 Å². The largest absolute Gasteiger partial charge is 0.451 e. The van der Waals surface area contributed by atoms with Crippen molar-refractivity contribution in [2.24, 2.45) is 0 Å².